The van der Waals surface area contributed by atoms with E-state index in [0.717, 1.165) is 27.7 Å². The maximum Gasteiger partial charge on any atom is 0.248 e. The van der Waals surface area contributed by atoms with Crippen LogP contribution in [0.1, 0.15) is 5.56 Å². The average Bonchev–Trinajstić information content (AvgIpc) is 3.35. The summed E-state index contributed by atoms with van der Waals surface area (Å²) in [5, 5.41) is 1.01. The summed E-state index contributed by atoms with van der Waals surface area (Å²) in [5.41, 5.74) is 3.26. The molecule has 28 heavy (non-hydrogen) atoms. The minimum atomic E-state index is -0.120. The Morgan fingerprint density at radius 3 is 2.79 bits per heavy atom. The first-order valence-electron chi connectivity index (χ1n) is 8.79. The predicted molar refractivity (Wildman–Crippen MR) is 105 cm³/mol. The first kappa shape index (κ1) is 16.4. The second kappa shape index (κ2) is 6.16. The Labute approximate surface area is 160 Å². The van der Waals surface area contributed by atoms with Crippen molar-refractivity contribution in [2.45, 2.75) is 6.92 Å². The van der Waals surface area contributed by atoms with Crippen LogP contribution in [0.4, 0.5) is 0 Å². The largest absolute Gasteiger partial charge is 0.496 e. The van der Waals surface area contributed by atoms with Crippen LogP contribution in [0.2, 0.25) is 0 Å². The number of nitrogens with one attached hydrogen (secondary N) is 1. The molecule has 7 heteroatoms. The zero-order valence-corrected chi connectivity index (χ0v) is 15.4. The fourth-order valence-electron chi connectivity index (χ4n) is 3.55. The molecule has 0 atom stereocenters. The van der Waals surface area contributed by atoms with E-state index >= 15 is 0 Å². The number of aryl methyl sites for hydroxylation is 1. The van der Waals surface area contributed by atoms with Gasteiger partial charge in [-0.3, -0.25) is 9.36 Å². The zero-order valence-electron chi connectivity index (χ0n) is 15.4. The molecular weight excluding hydrogens is 358 g/mol. The fourth-order valence-corrected chi connectivity index (χ4v) is 3.55. The summed E-state index contributed by atoms with van der Waals surface area (Å²) in [4.78, 5) is 19.3. The van der Waals surface area contributed by atoms with Gasteiger partial charge in [-0.25, -0.2) is 4.98 Å². The molecule has 5 rings (SSSR count). The van der Waals surface area contributed by atoms with Crippen LogP contribution in [0, 0.1) is 6.92 Å². The highest BCUT2D eigenvalue weighted by atomic mass is 16.7. The summed E-state index contributed by atoms with van der Waals surface area (Å²) in [6.45, 7) is 2.12. The van der Waals surface area contributed by atoms with Gasteiger partial charge < -0.3 is 19.2 Å². The van der Waals surface area contributed by atoms with Gasteiger partial charge in [0.05, 0.1) is 18.2 Å². The molecule has 2 aromatic heterocycles. The number of rotatable bonds is 3. The molecule has 3 heterocycles. The molecule has 0 fully saturated rings. The standard InChI is InChI=1S/C21H17N3O4/c1-12-7-20(25)23-16-8-13(3-4-14(12)16)24-6-5-22-21(24)15-9-18-19(28-11-27-18)10-17(15)26-2/h3-10H,11H2,1-2H3,(H,23,25). The Balaban J connectivity index is 1.69. The number of methoxy groups -OCH3 is 1. The van der Waals surface area contributed by atoms with Gasteiger partial charge in [-0.1, -0.05) is 6.07 Å². The molecule has 0 saturated heterocycles. The van der Waals surface area contributed by atoms with Crippen molar-refractivity contribution in [3.63, 3.8) is 0 Å². The van der Waals surface area contributed by atoms with Gasteiger partial charge >= 0.3 is 0 Å². The Bertz CT molecular complexity index is 1270. The van der Waals surface area contributed by atoms with Gasteiger partial charge in [-0.05, 0) is 30.7 Å². The van der Waals surface area contributed by atoms with Crippen molar-refractivity contribution in [2.24, 2.45) is 0 Å². The average molecular weight is 375 g/mol. The molecule has 0 bridgehead atoms. The van der Waals surface area contributed by atoms with Gasteiger partial charge in [-0.2, -0.15) is 0 Å². The molecule has 0 saturated carbocycles. The van der Waals surface area contributed by atoms with Crippen LogP contribution in [0.25, 0.3) is 28.0 Å². The Morgan fingerprint density at radius 1 is 1.14 bits per heavy atom. The van der Waals surface area contributed by atoms with Crippen molar-refractivity contribution in [2.75, 3.05) is 13.9 Å². The lowest BCUT2D eigenvalue weighted by atomic mass is 10.1. The summed E-state index contributed by atoms with van der Waals surface area (Å²) >= 11 is 0. The molecule has 1 aliphatic rings. The minimum Gasteiger partial charge on any atom is -0.496 e. The summed E-state index contributed by atoms with van der Waals surface area (Å²) in [6, 6.07) is 11.2. The quantitative estimate of drug-likeness (QED) is 0.594. The summed E-state index contributed by atoms with van der Waals surface area (Å²) in [7, 11) is 1.61. The SMILES string of the molecule is COc1cc2c(cc1-c1nccn1-c1ccc3c(C)cc(=O)[nH]c3c1)OCO2. The second-order valence-corrected chi connectivity index (χ2v) is 6.57. The molecule has 0 amide bonds. The van der Waals surface area contributed by atoms with Crippen molar-refractivity contribution in [3.05, 3.63) is 64.7 Å². The molecule has 140 valence electrons. The lowest BCUT2D eigenvalue weighted by Crippen LogP contribution is -2.05. The molecule has 1 N–H and O–H groups in total. The highest BCUT2D eigenvalue weighted by Crippen LogP contribution is 2.42. The Morgan fingerprint density at radius 2 is 1.96 bits per heavy atom. The highest BCUT2D eigenvalue weighted by molar-refractivity contribution is 5.84. The van der Waals surface area contributed by atoms with Crippen molar-refractivity contribution in [3.8, 4) is 34.3 Å². The van der Waals surface area contributed by atoms with E-state index in [9.17, 15) is 4.79 Å². The molecule has 0 spiro atoms. The highest BCUT2D eigenvalue weighted by Gasteiger charge is 2.21. The summed E-state index contributed by atoms with van der Waals surface area (Å²) in [5.74, 6) is 2.65. The third-order valence-electron chi connectivity index (χ3n) is 4.89. The number of hydrogen-bond acceptors (Lipinski definition) is 5. The lowest BCUT2D eigenvalue weighted by molar-refractivity contribution is 0.174. The first-order chi connectivity index (χ1) is 13.6. The maximum atomic E-state index is 11.9. The first-order valence-corrected chi connectivity index (χ1v) is 8.79. The molecular formula is C21H17N3O4. The van der Waals surface area contributed by atoms with Gasteiger partial charge in [0.1, 0.15) is 11.6 Å². The van der Waals surface area contributed by atoms with Crippen LogP contribution in [0.5, 0.6) is 17.2 Å². The van der Waals surface area contributed by atoms with Crippen LogP contribution in [-0.2, 0) is 0 Å². The predicted octanol–water partition coefficient (Wildman–Crippen LogP) is 3.43. The smallest absolute Gasteiger partial charge is 0.248 e. The molecule has 7 nitrogen and oxygen atoms in total. The van der Waals surface area contributed by atoms with E-state index in [1.165, 1.54) is 0 Å². The number of ether oxygens (including phenoxy) is 3. The van der Waals surface area contributed by atoms with Gasteiger partial charge in [0.15, 0.2) is 11.5 Å². The Hall–Kier alpha value is -3.74. The number of pyridine rings is 1. The Kier molecular flexibility index (Phi) is 3.61. The van der Waals surface area contributed by atoms with Crippen molar-refractivity contribution in [1.82, 2.24) is 14.5 Å². The fraction of sp³-hybridized carbons (Fsp3) is 0.143. The lowest BCUT2D eigenvalue weighted by Gasteiger charge is -2.13. The van der Waals surface area contributed by atoms with Crippen molar-refractivity contribution >= 4 is 10.9 Å². The normalized spacial score (nSPS) is 12.5. The third-order valence-corrected chi connectivity index (χ3v) is 4.89. The van der Waals surface area contributed by atoms with E-state index in [0.29, 0.717) is 23.1 Å². The van der Waals surface area contributed by atoms with Gasteiger partial charge in [-0.15, -0.1) is 0 Å². The number of aromatic nitrogens is 3. The number of hydrogen-bond donors (Lipinski definition) is 1. The number of aromatic amines is 1. The molecule has 0 aliphatic carbocycles. The number of imidazole rings is 1. The van der Waals surface area contributed by atoms with Crippen LogP contribution >= 0.6 is 0 Å². The second-order valence-electron chi connectivity index (χ2n) is 6.57. The minimum absolute atomic E-state index is 0.120. The molecule has 4 aromatic rings. The van der Waals surface area contributed by atoms with E-state index in [2.05, 4.69) is 9.97 Å². The topological polar surface area (TPSA) is 78.4 Å². The monoisotopic (exact) mass is 375 g/mol. The summed E-state index contributed by atoms with van der Waals surface area (Å²) < 4.78 is 18.4. The van der Waals surface area contributed by atoms with E-state index in [1.807, 2.05) is 42.0 Å². The van der Waals surface area contributed by atoms with Crippen molar-refractivity contribution in [1.29, 1.82) is 0 Å². The van der Waals surface area contributed by atoms with Crippen LogP contribution in [-0.4, -0.2) is 28.4 Å². The molecule has 0 radical (unpaired) electrons. The number of H-pyrrole nitrogens is 1. The van der Waals surface area contributed by atoms with Crippen LogP contribution in [0.15, 0.2) is 53.6 Å². The van der Waals surface area contributed by atoms with Crippen LogP contribution in [0.3, 0.4) is 0 Å². The van der Waals surface area contributed by atoms with E-state index in [1.54, 1.807) is 25.4 Å². The number of fused-ring (bicyclic) bond motifs is 2. The number of benzene rings is 2. The van der Waals surface area contributed by atoms with Crippen molar-refractivity contribution < 1.29 is 14.2 Å². The van der Waals surface area contributed by atoms with Gasteiger partial charge in [0.2, 0.25) is 12.4 Å². The maximum absolute atomic E-state index is 11.9. The van der Waals surface area contributed by atoms with Crippen LogP contribution < -0.4 is 19.8 Å². The molecule has 0 unspecified atom stereocenters. The van der Waals surface area contributed by atoms with E-state index in [-0.39, 0.29) is 12.4 Å². The number of nitrogens with zero attached hydrogens (tertiary/aromatic N) is 2. The third kappa shape index (κ3) is 2.51. The van der Waals surface area contributed by atoms with Gasteiger partial charge in [0.25, 0.3) is 0 Å². The van der Waals surface area contributed by atoms with E-state index in [4.69, 9.17) is 14.2 Å². The molecule has 1 aliphatic heterocycles. The molecule has 2 aromatic carbocycles. The van der Waals surface area contributed by atoms with E-state index < -0.39 is 0 Å². The summed E-state index contributed by atoms with van der Waals surface area (Å²) in [6.07, 6.45) is 3.59. The zero-order chi connectivity index (χ0) is 19.3. The van der Waals surface area contributed by atoms with Gasteiger partial charge in [0, 0.05) is 35.6 Å².